The minimum Gasteiger partial charge on any atom is -0.497 e. The van der Waals surface area contributed by atoms with Crippen molar-refractivity contribution in [3.63, 3.8) is 0 Å². The molecule has 0 aliphatic rings. The van der Waals surface area contributed by atoms with Gasteiger partial charge >= 0.3 is 0 Å². The number of methoxy groups -OCH3 is 3. The number of hydrogen-bond donors (Lipinski definition) is 1. The molecular formula is C22H30N2O4. The normalized spacial score (nSPS) is 11.8. The Bertz CT molecular complexity index is 755. The van der Waals surface area contributed by atoms with Crippen molar-refractivity contribution < 1.29 is 19.0 Å². The molecule has 1 unspecified atom stereocenters. The summed E-state index contributed by atoms with van der Waals surface area (Å²) in [5.74, 6) is 2.26. The molecular weight excluding hydrogens is 356 g/mol. The number of likely N-dealkylation sites (N-methyl/N-ethyl adjacent to an activating group) is 1. The number of benzene rings is 2. The molecule has 0 fully saturated rings. The second kappa shape index (κ2) is 10.6. The molecule has 0 radical (unpaired) electrons. The van der Waals surface area contributed by atoms with Crippen LogP contribution in [0.2, 0.25) is 0 Å². The van der Waals surface area contributed by atoms with Gasteiger partial charge in [0.1, 0.15) is 17.2 Å². The van der Waals surface area contributed by atoms with Gasteiger partial charge < -0.3 is 24.4 Å². The summed E-state index contributed by atoms with van der Waals surface area (Å²) in [6, 6.07) is 13.6. The van der Waals surface area contributed by atoms with Crippen LogP contribution in [0.15, 0.2) is 42.5 Å². The van der Waals surface area contributed by atoms with Gasteiger partial charge in [0.25, 0.3) is 0 Å². The Labute approximate surface area is 167 Å². The van der Waals surface area contributed by atoms with Gasteiger partial charge in [-0.3, -0.25) is 4.79 Å². The summed E-state index contributed by atoms with van der Waals surface area (Å²) < 4.78 is 16.0. The van der Waals surface area contributed by atoms with E-state index in [4.69, 9.17) is 14.2 Å². The molecule has 152 valence electrons. The third-order valence-electron chi connectivity index (χ3n) is 4.67. The average Bonchev–Trinajstić information content (AvgIpc) is 2.72. The summed E-state index contributed by atoms with van der Waals surface area (Å²) in [7, 11) is 8.87. The van der Waals surface area contributed by atoms with Crippen molar-refractivity contribution in [3.05, 3.63) is 53.6 Å². The van der Waals surface area contributed by atoms with Crippen molar-refractivity contribution in [2.45, 2.75) is 18.9 Å². The van der Waals surface area contributed by atoms with E-state index in [2.05, 4.69) is 10.2 Å². The molecule has 28 heavy (non-hydrogen) atoms. The summed E-state index contributed by atoms with van der Waals surface area (Å²) in [4.78, 5) is 14.5. The van der Waals surface area contributed by atoms with Crippen LogP contribution in [0.1, 0.15) is 23.6 Å². The number of para-hydroxylation sites is 1. The SMILES string of the molecule is COc1cc(CCC(=O)NCC(c2ccccc2OC)N(C)C)cc(OC)c1. The van der Waals surface area contributed by atoms with Gasteiger partial charge in [0, 0.05) is 24.6 Å². The highest BCUT2D eigenvalue weighted by Gasteiger charge is 2.19. The third kappa shape index (κ3) is 5.89. The molecule has 1 atom stereocenters. The van der Waals surface area contributed by atoms with E-state index in [1.165, 1.54) is 0 Å². The van der Waals surface area contributed by atoms with Crippen LogP contribution in [0.4, 0.5) is 0 Å². The van der Waals surface area contributed by atoms with E-state index in [1.54, 1.807) is 21.3 Å². The third-order valence-corrected chi connectivity index (χ3v) is 4.67. The predicted molar refractivity (Wildman–Crippen MR) is 110 cm³/mol. The summed E-state index contributed by atoms with van der Waals surface area (Å²) in [6.45, 7) is 0.508. The van der Waals surface area contributed by atoms with Crippen molar-refractivity contribution in [1.29, 1.82) is 0 Å². The second-order valence-electron chi connectivity index (χ2n) is 6.75. The molecule has 0 saturated carbocycles. The smallest absolute Gasteiger partial charge is 0.220 e. The number of hydrogen-bond acceptors (Lipinski definition) is 5. The Kier molecular flexibility index (Phi) is 8.14. The van der Waals surface area contributed by atoms with Gasteiger partial charge in [-0.25, -0.2) is 0 Å². The van der Waals surface area contributed by atoms with E-state index in [0.29, 0.717) is 19.4 Å². The van der Waals surface area contributed by atoms with Gasteiger partial charge in [0.2, 0.25) is 5.91 Å². The monoisotopic (exact) mass is 386 g/mol. The number of carbonyl (C=O) groups is 1. The molecule has 2 rings (SSSR count). The van der Waals surface area contributed by atoms with E-state index < -0.39 is 0 Å². The molecule has 6 nitrogen and oxygen atoms in total. The quantitative estimate of drug-likeness (QED) is 0.680. The number of rotatable bonds is 10. The topological polar surface area (TPSA) is 60.0 Å². The summed E-state index contributed by atoms with van der Waals surface area (Å²) in [5.41, 5.74) is 2.05. The predicted octanol–water partition coefficient (Wildman–Crippen LogP) is 3.06. The number of ether oxygens (including phenoxy) is 3. The fourth-order valence-corrected chi connectivity index (χ4v) is 3.08. The fraction of sp³-hybridized carbons (Fsp3) is 0.409. The molecule has 0 aromatic heterocycles. The van der Waals surface area contributed by atoms with Crippen LogP contribution in [0, 0.1) is 0 Å². The number of nitrogens with one attached hydrogen (secondary N) is 1. The number of aryl methyl sites for hydroxylation is 1. The maximum absolute atomic E-state index is 12.4. The second-order valence-corrected chi connectivity index (χ2v) is 6.75. The standard InChI is InChI=1S/C22H30N2O4/c1-24(2)20(19-8-6-7-9-21(19)28-5)15-23-22(25)11-10-16-12-17(26-3)14-18(13-16)27-4/h6-9,12-14,20H,10-11,15H2,1-5H3,(H,23,25). The van der Waals surface area contributed by atoms with Crippen molar-refractivity contribution >= 4 is 5.91 Å². The molecule has 0 aliphatic carbocycles. The molecule has 2 aromatic rings. The maximum atomic E-state index is 12.4. The number of carbonyl (C=O) groups excluding carboxylic acids is 1. The Balaban J connectivity index is 1.97. The Hall–Kier alpha value is -2.73. The number of nitrogens with zero attached hydrogens (tertiary/aromatic N) is 1. The molecule has 0 bridgehead atoms. The van der Waals surface area contributed by atoms with E-state index in [1.807, 2.05) is 56.6 Å². The first kappa shape index (κ1) is 21.6. The van der Waals surface area contributed by atoms with Gasteiger partial charge in [-0.2, -0.15) is 0 Å². The molecule has 0 spiro atoms. The van der Waals surface area contributed by atoms with Gasteiger partial charge in [-0.05, 0) is 44.3 Å². The Morgan fingerprint density at radius 1 is 1.00 bits per heavy atom. The lowest BCUT2D eigenvalue weighted by atomic mass is 10.0. The van der Waals surface area contributed by atoms with E-state index >= 15 is 0 Å². The molecule has 1 amide bonds. The zero-order valence-corrected chi connectivity index (χ0v) is 17.3. The highest BCUT2D eigenvalue weighted by Crippen LogP contribution is 2.27. The van der Waals surface area contributed by atoms with Crippen LogP contribution in [-0.2, 0) is 11.2 Å². The van der Waals surface area contributed by atoms with E-state index in [0.717, 1.165) is 28.4 Å². The van der Waals surface area contributed by atoms with Gasteiger partial charge in [-0.1, -0.05) is 18.2 Å². The van der Waals surface area contributed by atoms with Crippen LogP contribution in [0.3, 0.4) is 0 Å². The molecule has 6 heteroatoms. The zero-order chi connectivity index (χ0) is 20.5. The van der Waals surface area contributed by atoms with Crippen LogP contribution >= 0.6 is 0 Å². The van der Waals surface area contributed by atoms with Crippen LogP contribution < -0.4 is 19.5 Å². The van der Waals surface area contributed by atoms with Crippen LogP contribution in [0.5, 0.6) is 17.2 Å². The lowest BCUT2D eigenvalue weighted by Gasteiger charge is -2.26. The van der Waals surface area contributed by atoms with Crippen LogP contribution in [-0.4, -0.2) is 52.8 Å². The van der Waals surface area contributed by atoms with Crippen molar-refractivity contribution in [1.82, 2.24) is 10.2 Å². The minimum absolute atomic E-state index is 0.00327. The first-order chi connectivity index (χ1) is 13.5. The molecule has 2 aromatic carbocycles. The summed E-state index contributed by atoms with van der Waals surface area (Å²) in [6.07, 6.45) is 1.00. The van der Waals surface area contributed by atoms with E-state index in [-0.39, 0.29) is 11.9 Å². The fourth-order valence-electron chi connectivity index (χ4n) is 3.08. The first-order valence-electron chi connectivity index (χ1n) is 9.26. The summed E-state index contributed by atoms with van der Waals surface area (Å²) in [5, 5.41) is 3.04. The molecule has 1 N–H and O–H groups in total. The lowest BCUT2D eigenvalue weighted by Crippen LogP contribution is -2.34. The largest absolute Gasteiger partial charge is 0.497 e. The first-order valence-corrected chi connectivity index (χ1v) is 9.26. The average molecular weight is 386 g/mol. The van der Waals surface area contributed by atoms with Crippen molar-refractivity contribution in [3.8, 4) is 17.2 Å². The van der Waals surface area contributed by atoms with Gasteiger partial charge in [0.05, 0.1) is 27.4 Å². The van der Waals surface area contributed by atoms with Crippen molar-refractivity contribution in [2.75, 3.05) is 42.0 Å². The highest BCUT2D eigenvalue weighted by molar-refractivity contribution is 5.76. The Morgan fingerprint density at radius 3 is 2.21 bits per heavy atom. The Morgan fingerprint density at radius 2 is 1.64 bits per heavy atom. The minimum atomic E-state index is 0.00327. The lowest BCUT2D eigenvalue weighted by molar-refractivity contribution is -0.121. The maximum Gasteiger partial charge on any atom is 0.220 e. The van der Waals surface area contributed by atoms with Gasteiger partial charge in [0.15, 0.2) is 0 Å². The molecule has 0 saturated heterocycles. The van der Waals surface area contributed by atoms with Crippen LogP contribution in [0.25, 0.3) is 0 Å². The molecule has 0 heterocycles. The molecule has 0 aliphatic heterocycles. The highest BCUT2D eigenvalue weighted by atomic mass is 16.5. The summed E-state index contributed by atoms with van der Waals surface area (Å²) >= 11 is 0. The number of amides is 1. The van der Waals surface area contributed by atoms with E-state index in [9.17, 15) is 4.79 Å². The van der Waals surface area contributed by atoms with Crippen molar-refractivity contribution in [2.24, 2.45) is 0 Å². The zero-order valence-electron chi connectivity index (χ0n) is 17.3. The van der Waals surface area contributed by atoms with Gasteiger partial charge in [-0.15, -0.1) is 0 Å².